The Hall–Kier alpha value is -3.61. The van der Waals surface area contributed by atoms with Gasteiger partial charge in [0.25, 0.3) is 11.7 Å². The molecule has 0 spiro atoms. The fourth-order valence-electron chi connectivity index (χ4n) is 4.17. The maximum absolute atomic E-state index is 13.2. The lowest BCUT2D eigenvalue weighted by Gasteiger charge is -2.25. The van der Waals surface area contributed by atoms with Crippen LogP contribution in [0.2, 0.25) is 10.0 Å². The van der Waals surface area contributed by atoms with Crippen molar-refractivity contribution in [1.29, 1.82) is 0 Å². The van der Waals surface area contributed by atoms with Crippen molar-refractivity contribution in [3.8, 4) is 0 Å². The first kappa shape index (κ1) is 21.2. The number of aliphatic hydroxyl groups is 1. The summed E-state index contributed by atoms with van der Waals surface area (Å²) in [5.74, 6) is -1.76. The van der Waals surface area contributed by atoms with Gasteiger partial charge < -0.3 is 15.0 Å². The van der Waals surface area contributed by atoms with Gasteiger partial charge in [-0.2, -0.15) is 0 Å². The summed E-state index contributed by atoms with van der Waals surface area (Å²) < 4.78 is 0. The molecule has 3 heterocycles. The number of H-pyrrole nitrogens is 1. The molecule has 2 aromatic carbocycles. The van der Waals surface area contributed by atoms with Crippen LogP contribution in [0.5, 0.6) is 0 Å². The molecule has 1 unspecified atom stereocenters. The lowest BCUT2D eigenvalue weighted by Crippen LogP contribution is -2.29. The normalized spacial score (nSPS) is 17.8. The quantitative estimate of drug-likeness (QED) is 0.231. The van der Waals surface area contributed by atoms with Crippen molar-refractivity contribution >= 4 is 51.6 Å². The Labute approximate surface area is 199 Å². The van der Waals surface area contributed by atoms with E-state index in [9.17, 15) is 14.7 Å². The van der Waals surface area contributed by atoms with E-state index in [1.165, 1.54) is 17.0 Å². The highest BCUT2D eigenvalue weighted by Gasteiger charge is 2.46. The van der Waals surface area contributed by atoms with Crippen molar-refractivity contribution in [2.75, 3.05) is 0 Å². The van der Waals surface area contributed by atoms with Crippen LogP contribution in [0.15, 0.2) is 78.8 Å². The van der Waals surface area contributed by atoms with Gasteiger partial charge in [0, 0.05) is 47.2 Å². The third-order valence-corrected chi connectivity index (χ3v) is 6.49. The molecular formula is C25H17Cl2N3O3. The fraction of sp³-hybridized carbons (Fsp3) is 0.0800. The van der Waals surface area contributed by atoms with Crippen LogP contribution in [0.1, 0.15) is 22.7 Å². The van der Waals surface area contributed by atoms with E-state index in [1.54, 1.807) is 36.8 Å². The van der Waals surface area contributed by atoms with Gasteiger partial charge in [-0.15, -0.1) is 0 Å². The van der Waals surface area contributed by atoms with E-state index in [1.807, 2.05) is 24.3 Å². The van der Waals surface area contributed by atoms with Gasteiger partial charge in [0.1, 0.15) is 5.76 Å². The molecule has 33 heavy (non-hydrogen) atoms. The Morgan fingerprint density at radius 3 is 2.55 bits per heavy atom. The van der Waals surface area contributed by atoms with Crippen LogP contribution in [-0.4, -0.2) is 31.7 Å². The first-order chi connectivity index (χ1) is 16.0. The number of rotatable bonds is 4. The second-order valence-corrected chi connectivity index (χ2v) is 8.52. The van der Waals surface area contributed by atoms with Gasteiger partial charge in [-0.1, -0.05) is 41.4 Å². The zero-order chi connectivity index (χ0) is 23.1. The summed E-state index contributed by atoms with van der Waals surface area (Å²) in [7, 11) is 0. The predicted molar refractivity (Wildman–Crippen MR) is 127 cm³/mol. The molecule has 2 N–H and O–H groups in total. The number of hydrogen-bond donors (Lipinski definition) is 2. The summed E-state index contributed by atoms with van der Waals surface area (Å²) in [5.41, 5.74) is 2.68. The van der Waals surface area contributed by atoms with Crippen molar-refractivity contribution in [3.63, 3.8) is 0 Å². The summed E-state index contributed by atoms with van der Waals surface area (Å²) in [4.78, 5) is 35.1. The Balaban J connectivity index is 1.72. The second-order valence-electron chi connectivity index (χ2n) is 7.70. The molecule has 6 nitrogen and oxygen atoms in total. The number of benzene rings is 2. The number of nitrogens with one attached hydrogen (secondary N) is 1. The van der Waals surface area contributed by atoms with Crippen molar-refractivity contribution in [2.45, 2.75) is 12.6 Å². The fourth-order valence-corrected chi connectivity index (χ4v) is 4.47. The minimum absolute atomic E-state index is 0.00259. The lowest BCUT2D eigenvalue weighted by molar-refractivity contribution is -0.140. The van der Waals surface area contributed by atoms with Crippen LogP contribution in [-0.2, 0) is 16.1 Å². The largest absolute Gasteiger partial charge is 0.507 e. The molecule has 1 amide bonds. The van der Waals surface area contributed by atoms with E-state index >= 15 is 0 Å². The Morgan fingerprint density at radius 2 is 1.79 bits per heavy atom. The molecule has 1 saturated heterocycles. The molecule has 4 aromatic rings. The number of fused-ring (bicyclic) bond motifs is 1. The van der Waals surface area contributed by atoms with Crippen LogP contribution in [0.25, 0.3) is 16.7 Å². The zero-order valence-electron chi connectivity index (χ0n) is 17.1. The average Bonchev–Trinajstić information content (AvgIpc) is 3.35. The summed E-state index contributed by atoms with van der Waals surface area (Å²) in [6.45, 7) is 0.176. The number of para-hydroxylation sites is 1. The topological polar surface area (TPSA) is 86.3 Å². The lowest BCUT2D eigenvalue weighted by atomic mass is 9.95. The highest BCUT2D eigenvalue weighted by atomic mass is 35.5. The summed E-state index contributed by atoms with van der Waals surface area (Å²) in [6, 6.07) is 14.9. The molecule has 2 aromatic heterocycles. The van der Waals surface area contributed by atoms with Gasteiger partial charge in [0.15, 0.2) is 0 Å². The number of Topliss-reactive ketones (excluding diaryl/α,β-unsaturated/α-hetero) is 1. The number of pyridine rings is 1. The van der Waals surface area contributed by atoms with Gasteiger partial charge in [-0.05, 0) is 42.0 Å². The van der Waals surface area contributed by atoms with Gasteiger partial charge in [0.2, 0.25) is 0 Å². The Morgan fingerprint density at radius 1 is 1.03 bits per heavy atom. The number of amides is 1. The van der Waals surface area contributed by atoms with Gasteiger partial charge >= 0.3 is 0 Å². The Kier molecular flexibility index (Phi) is 5.40. The number of halogens is 2. The molecule has 0 radical (unpaired) electrons. The molecule has 1 aliphatic rings. The third kappa shape index (κ3) is 3.67. The van der Waals surface area contributed by atoms with Crippen molar-refractivity contribution in [3.05, 3.63) is 105 Å². The molecule has 0 saturated carbocycles. The van der Waals surface area contributed by atoms with E-state index in [4.69, 9.17) is 23.2 Å². The monoisotopic (exact) mass is 477 g/mol. The summed E-state index contributed by atoms with van der Waals surface area (Å²) in [6.07, 6.45) is 5.02. The van der Waals surface area contributed by atoms with Crippen LogP contribution in [0.3, 0.4) is 0 Å². The predicted octanol–water partition coefficient (Wildman–Crippen LogP) is 5.49. The van der Waals surface area contributed by atoms with E-state index in [0.29, 0.717) is 16.1 Å². The zero-order valence-corrected chi connectivity index (χ0v) is 18.6. The SMILES string of the molecule is O=C1C(=O)N(Cc2ccncc2)C(c2c[nH]c3ccccc23)/C1=C(\O)c1ccc(Cl)c(Cl)c1. The first-order valence-corrected chi connectivity index (χ1v) is 10.9. The maximum Gasteiger partial charge on any atom is 0.295 e. The smallest absolute Gasteiger partial charge is 0.295 e. The molecule has 1 aliphatic heterocycles. The number of ketones is 1. The number of aromatic nitrogens is 2. The first-order valence-electron chi connectivity index (χ1n) is 10.1. The van der Waals surface area contributed by atoms with Gasteiger partial charge in [-0.25, -0.2) is 0 Å². The highest BCUT2D eigenvalue weighted by Crippen LogP contribution is 2.43. The summed E-state index contributed by atoms with van der Waals surface area (Å²) in [5, 5.41) is 12.6. The van der Waals surface area contributed by atoms with Gasteiger partial charge in [0.05, 0.1) is 21.7 Å². The van der Waals surface area contributed by atoms with E-state index < -0.39 is 17.7 Å². The van der Waals surface area contributed by atoms with Crippen molar-refractivity contribution in [2.24, 2.45) is 0 Å². The molecule has 8 heteroatoms. The average molecular weight is 478 g/mol. The number of likely N-dealkylation sites (tertiary alicyclic amines) is 1. The minimum Gasteiger partial charge on any atom is -0.507 e. The van der Waals surface area contributed by atoms with Crippen LogP contribution < -0.4 is 0 Å². The highest BCUT2D eigenvalue weighted by molar-refractivity contribution is 6.47. The van der Waals surface area contributed by atoms with Gasteiger partial charge in [-0.3, -0.25) is 14.6 Å². The summed E-state index contributed by atoms with van der Waals surface area (Å²) >= 11 is 12.2. The molecule has 0 aliphatic carbocycles. The number of aromatic amines is 1. The second kappa shape index (κ2) is 8.39. The van der Waals surface area contributed by atoms with Crippen molar-refractivity contribution in [1.82, 2.24) is 14.9 Å². The number of aliphatic hydroxyl groups excluding tert-OH is 1. The standard InChI is InChI=1S/C25H17Cl2N3O3/c26-18-6-5-15(11-19(18)27)23(31)21-22(17-12-29-20-4-2-1-3-16(17)20)30(25(33)24(21)32)13-14-7-9-28-10-8-14/h1-12,22,29,31H,13H2/b23-21+. The van der Waals surface area contributed by atoms with Crippen LogP contribution in [0.4, 0.5) is 0 Å². The third-order valence-electron chi connectivity index (χ3n) is 5.75. The number of nitrogens with zero attached hydrogens (tertiary/aromatic N) is 2. The Bertz CT molecular complexity index is 1430. The molecule has 1 atom stereocenters. The number of carbonyl (C=O) groups excluding carboxylic acids is 2. The molecular weight excluding hydrogens is 461 g/mol. The molecule has 1 fully saturated rings. The van der Waals surface area contributed by atoms with Crippen LogP contribution >= 0.6 is 23.2 Å². The van der Waals surface area contributed by atoms with E-state index in [0.717, 1.165) is 16.5 Å². The maximum atomic E-state index is 13.2. The number of carbonyl (C=O) groups is 2. The van der Waals surface area contributed by atoms with E-state index in [-0.39, 0.29) is 22.9 Å². The number of hydrogen-bond acceptors (Lipinski definition) is 4. The molecule has 5 rings (SSSR count). The molecule has 0 bridgehead atoms. The molecule has 164 valence electrons. The minimum atomic E-state index is -0.802. The van der Waals surface area contributed by atoms with Crippen molar-refractivity contribution < 1.29 is 14.7 Å². The van der Waals surface area contributed by atoms with Crippen LogP contribution in [0, 0.1) is 0 Å². The van der Waals surface area contributed by atoms with E-state index in [2.05, 4.69) is 9.97 Å².